The molecule has 44 heavy (non-hydrogen) atoms. The zero-order valence-corrected chi connectivity index (χ0v) is 27.2. The fourth-order valence-electron chi connectivity index (χ4n) is 4.57. The average molecular weight is 614 g/mol. The first-order valence-corrected chi connectivity index (χ1v) is 14.8. The third-order valence-electron chi connectivity index (χ3n) is 6.92. The first kappa shape index (κ1) is 40.1. The molecule has 1 unspecified atom stereocenters. The summed E-state index contributed by atoms with van der Waals surface area (Å²) in [7, 11) is 1.68. The SMILES string of the molecule is C.CC.CCN/C(C)=C(\CC)C1=CC2=CNC(Nc3ccc(C)c(F)c3)=NC2N(Cc2ccccc2C)C1=O.CCOC.O.[HH]. The lowest BCUT2D eigenvalue weighted by Gasteiger charge is -2.37. The number of anilines is 1. The zero-order valence-electron chi connectivity index (χ0n) is 27.2. The van der Waals surface area contributed by atoms with E-state index in [0.29, 0.717) is 29.3 Å². The smallest absolute Gasteiger partial charge is 0.256 e. The summed E-state index contributed by atoms with van der Waals surface area (Å²) < 4.78 is 18.6. The summed E-state index contributed by atoms with van der Waals surface area (Å²) in [6.45, 7) is 17.9. The Morgan fingerprint density at radius 2 is 1.77 bits per heavy atom. The van der Waals surface area contributed by atoms with Gasteiger partial charge in [0, 0.05) is 57.0 Å². The quantitative estimate of drug-likeness (QED) is 0.296. The molecule has 246 valence electrons. The summed E-state index contributed by atoms with van der Waals surface area (Å²) in [4.78, 5) is 20.6. The normalized spacial score (nSPS) is 15.4. The van der Waals surface area contributed by atoms with Gasteiger partial charge in [0.25, 0.3) is 5.91 Å². The molecule has 8 nitrogen and oxygen atoms in total. The highest BCUT2D eigenvalue weighted by atomic mass is 19.1. The number of hydrogen-bond donors (Lipinski definition) is 3. The molecule has 1 amide bonds. The Bertz CT molecular complexity index is 1340. The summed E-state index contributed by atoms with van der Waals surface area (Å²) in [5, 5.41) is 9.70. The number of carbonyl (C=O) groups is 1. The van der Waals surface area contributed by atoms with Crippen molar-refractivity contribution in [2.75, 3.05) is 25.6 Å². The molecule has 0 spiro atoms. The lowest BCUT2D eigenvalue weighted by Crippen LogP contribution is -2.48. The Hall–Kier alpha value is -3.95. The van der Waals surface area contributed by atoms with Crippen LogP contribution < -0.4 is 16.0 Å². The molecule has 0 saturated carbocycles. The number of nitrogens with zero attached hydrogens (tertiary/aromatic N) is 2. The van der Waals surface area contributed by atoms with Crippen LogP contribution in [0.15, 0.2) is 82.1 Å². The van der Waals surface area contributed by atoms with Gasteiger partial charge < -0.3 is 31.1 Å². The Morgan fingerprint density at radius 1 is 1.11 bits per heavy atom. The molecule has 0 fully saturated rings. The van der Waals surface area contributed by atoms with Crippen LogP contribution in [0.2, 0.25) is 0 Å². The van der Waals surface area contributed by atoms with Crippen molar-refractivity contribution in [2.24, 2.45) is 4.99 Å². The minimum Gasteiger partial charge on any atom is -0.412 e. The van der Waals surface area contributed by atoms with Crippen molar-refractivity contribution in [1.29, 1.82) is 0 Å². The number of rotatable bonds is 8. The standard InChI is InChI=1S/C29H34FN5O.C3H8O.C2H6.CH4.H2O.H2/c1-6-24(20(5)31-7-2)25-14-22-16-32-29(33-23-13-12-19(4)26(30)15-23)34-27(22)35(28(25)36)17-21-11-9-8-10-18(21)3;1-3-4-2;1-2;;;/h8-16,27,31H,6-7,17H2,1-5H3,(H2,32,33,34);3H2,1-2H3;1-2H3;1H4;1H2;1H/b24-20+;;;;;. The van der Waals surface area contributed by atoms with E-state index in [0.717, 1.165) is 47.5 Å². The van der Waals surface area contributed by atoms with Crippen molar-refractivity contribution < 1.29 is 20.8 Å². The van der Waals surface area contributed by atoms with Gasteiger partial charge >= 0.3 is 0 Å². The van der Waals surface area contributed by atoms with Gasteiger partial charge in [-0.2, -0.15) is 0 Å². The van der Waals surface area contributed by atoms with E-state index in [2.05, 4.69) is 40.6 Å². The Morgan fingerprint density at radius 3 is 2.34 bits per heavy atom. The molecule has 0 aromatic heterocycles. The van der Waals surface area contributed by atoms with Crippen molar-refractivity contribution in [3.05, 3.63) is 99.7 Å². The molecule has 0 radical (unpaired) electrons. The van der Waals surface area contributed by atoms with Crippen LogP contribution in [-0.4, -0.2) is 48.7 Å². The number of aliphatic imine (C=N–C) groups is 1. The van der Waals surface area contributed by atoms with E-state index in [-0.39, 0.29) is 26.1 Å². The van der Waals surface area contributed by atoms with Gasteiger partial charge in [0.05, 0.1) is 0 Å². The molecular formula is C35H56FN5O3. The molecule has 2 aromatic rings. The zero-order chi connectivity index (χ0) is 31.2. The second-order valence-electron chi connectivity index (χ2n) is 9.71. The molecule has 9 heteroatoms. The van der Waals surface area contributed by atoms with Gasteiger partial charge in [-0.25, -0.2) is 9.38 Å². The highest BCUT2D eigenvalue weighted by Crippen LogP contribution is 2.32. The predicted molar refractivity (Wildman–Crippen MR) is 185 cm³/mol. The molecule has 0 aliphatic carbocycles. The van der Waals surface area contributed by atoms with Gasteiger partial charge in [0.1, 0.15) is 5.82 Å². The molecule has 0 saturated heterocycles. The number of hydrogen-bond acceptors (Lipinski definition) is 6. The Balaban J connectivity index is 0. The van der Waals surface area contributed by atoms with Gasteiger partial charge in [-0.05, 0) is 81.5 Å². The lowest BCUT2D eigenvalue weighted by atomic mass is 9.92. The minimum atomic E-state index is -0.502. The van der Waals surface area contributed by atoms with E-state index in [1.165, 1.54) is 6.07 Å². The molecule has 2 aliphatic heterocycles. The first-order valence-electron chi connectivity index (χ1n) is 14.8. The topological polar surface area (TPSA) is 109 Å². The minimum absolute atomic E-state index is 0. The molecule has 0 bridgehead atoms. The van der Waals surface area contributed by atoms with Crippen LogP contribution in [0.5, 0.6) is 0 Å². The maximum Gasteiger partial charge on any atom is 0.256 e. The molecule has 2 aliphatic rings. The number of allylic oxidation sites excluding steroid dienone is 1. The van der Waals surface area contributed by atoms with E-state index in [9.17, 15) is 9.18 Å². The summed E-state index contributed by atoms with van der Waals surface area (Å²) in [5.41, 5.74) is 6.94. The van der Waals surface area contributed by atoms with Crippen LogP contribution in [0.3, 0.4) is 0 Å². The van der Waals surface area contributed by atoms with Crippen LogP contribution in [0.25, 0.3) is 0 Å². The van der Waals surface area contributed by atoms with Crippen LogP contribution in [0.4, 0.5) is 10.1 Å². The van der Waals surface area contributed by atoms with Gasteiger partial charge in [0.2, 0.25) is 5.96 Å². The summed E-state index contributed by atoms with van der Waals surface area (Å²) in [6, 6.07) is 13.0. The number of guanidine groups is 1. The molecular weight excluding hydrogens is 557 g/mol. The number of nitrogens with one attached hydrogen (secondary N) is 3. The fourth-order valence-corrected chi connectivity index (χ4v) is 4.57. The van der Waals surface area contributed by atoms with Crippen molar-refractivity contribution in [3.63, 3.8) is 0 Å². The van der Waals surface area contributed by atoms with Gasteiger partial charge in [-0.3, -0.25) is 4.79 Å². The van der Waals surface area contributed by atoms with E-state index in [4.69, 9.17) is 4.99 Å². The Kier molecular flexibility index (Phi) is 18.3. The second-order valence-corrected chi connectivity index (χ2v) is 9.71. The van der Waals surface area contributed by atoms with Crippen LogP contribution in [0.1, 0.15) is 73.5 Å². The maximum absolute atomic E-state index is 14.1. The van der Waals surface area contributed by atoms with Crippen LogP contribution >= 0.6 is 0 Å². The Labute approximate surface area is 266 Å². The van der Waals surface area contributed by atoms with E-state index >= 15 is 0 Å². The number of ether oxygens (including phenoxy) is 1. The monoisotopic (exact) mass is 613 g/mol. The van der Waals surface area contributed by atoms with E-state index < -0.39 is 6.17 Å². The van der Waals surface area contributed by atoms with Crippen LogP contribution in [-0.2, 0) is 16.1 Å². The highest BCUT2D eigenvalue weighted by molar-refractivity contribution is 6.02. The lowest BCUT2D eigenvalue weighted by molar-refractivity contribution is -0.129. The third-order valence-corrected chi connectivity index (χ3v) is 6.92. The van der Waals surface area contributed by atoms with Crippen LogP contribution in [0, 0.1) is 19.7 Å². The van der Waals surface area contributed by atoms with Gasteiger partial charge in [-0.15, -0.1) is 0 Å². The van der Waals surface area contributed by atoms with Gasteiger partial charge in [0.15, 0.2) is 6.17 Å². The number of amides is 1. The molecule has 4 rings (SSSR count). The second kappa shape index (κ2) is 20.1. The number of halogens is 1. The molecule has 5 N–H and O–H groups in total. The first-order chi connectivity index (χ1) is 20.2. The van der Waals surface area contributed by atoms with Crippen molar-refractivity contribution in [3.8, 4) is 0 Å². The molecule has 2 heterocycles. The van der Waals surface area contributed by atoms with Crippen molar-refractivity contribution in [2.45, 2.75) is 81.9 Å². The maximum atomic E-state index is 14.1. The number of methoxy groups -OCH3 is 1. The predicted octanol–water partition coefficient (Wildman–Crippen LogP) is 7.02. The number of aryl methyl sites for hydroxylation is 2. The summed E-state index contributed by atoms with van der Waals surface area (Å²) in [6.07, 6.45) is 4.05. The largest absolute Gasteiger partial charge is 0.412 e. The van der Waals surface area contributed by atoms with E-state index in [1.807, 2.05) is 70.0 Å². The number of benzene rings is 2. The summed E-state index contributed by atoms with van der Waals surface area (Å²) in [5.74, 6) is 0.117. The van der Waals surface area contributed by atoms with Crippen molar-refractivity contribution >= 4 is 17.6 Å². The van der Waals surface area contributed by atoms with Gasteiger partial charge in [-0.1, -0.05) is 58.5 Å². The number of carbonyl (C=O) groups excluding carboxylic acids is 1. The average Bonchev–Trinajstić information content (AvgIpc) is 2.99. The third kappa shape index (κ3) is 10.3. The fraction of sp³-hybridized carbons (Fsp3) is 0.429. The van der Waals surface area contributed by atoms with E-state index in [1.54, 1.807) is 26.2 Å². The number of fused-ring (bicyclic) bond motifs is 1. The van der Waals surface area contributed by atoms with Crippen molar-refractivity contribution in [1.82, 2.24) is 15.5 Å². The highest BCUT2D eigenvalue weighted by Gasteiger charge is 2.36. The molecule has 2 aromatic carbocycles. The molecule has 1 atom stereocenters. The summed E-state index contributed by atoms with van der Waals surface area (Å²) >= 11 is 0.